The molecule has 8 aromatic carbocycles. The summed E-state index contributed by atoms with van der Waals surface area (Å²) < 4.78 is 32.8. The molecule has 16 rings (SSSR count). The second kappa shape index (κ2) is 26.3. The van der Waals surface area contributed by atoms with Crippen LogP contribution in [0.5, 0.6) is 0 Å². The van der Waals surface area contributed by atoms with E-state index in [0.29, 0.717) is 78.4 Å². The van der Waals surface area contributed by atoms with Gasteiger partial charge in [-0.2, -0.15) is 10.5 Å². The molecule has 0 N–H and O–H groups in total. The van der Waals surface area contributed by atoms with Crippen molar-refractivity contribution in [3.8, 4) is 57.2 Å². The largest absolute Gasteiger partial charge is 0.468 e. The Kier molecular flexibility index (Phi) is 16.9. The Hall–Kier alpha value is -14.5. The molecule has 472 valence electrons. The van der Waals surface area contributed by atoms with Crippen LogP contribution in [0.25, 0.3) is 162 Å². The topological polar surface area (TPSA) is 142 Å². The predicted molar refractivity (Wildman–Crippen MR) is 387 cm³/mol. The van der Waals surface area contributed by atoms with Crippen LogP contribution in [0.1, 0.15) is 33.4 Å². The Labute approximate surface area is 574 Å². The highest BCUT2D eigenvalue weighted by molar-refractivity contribution is 6.18. The zero-order valence-electron chi connectivity index (χ0n) is 55.5. The third-order valence-corrected chi connectivity index (χ3v) is 18.0. The normalized spacial score (nSPS) is 10.7. The van der Waals surface area contributed by atoms with Gasteiger partial charge in [-0.3, -0.25) is 0 Å². The highest BCUT2D eigenvalue weighted by atomic mass is 16.3. The summed E-state index contributed by atoms with van der Waals surface area (Å²) in [5, 5.41) is 25.8. The summed E-state index contributed by atoms with van der Waals surface area (Å²) in [6.07, 6.45) is 7.96. The lowest BCUT2D eigenvalue weighted by molar-refractivity contribution is -0.660. The molecule has 0 saturated heterocycles. The van der Waals surface area contributed by atoms with Crippen LogP contribution in [0, 0.1) is 89.8 Å². The van der Waals surface area contributed by atoms with Gasteiger partial charge in [-0.15, -0.1) is 0 Å². The minimum Gasteiger partial charge on any atom is -0.468 e. The molecule has 0 aliphatic carbocycles. The Morgan fingerprint density at radius 1 is 0.310 bits per heavy atom. The minimum atomic E-state index is 0.282. The average molecular weight is 1300 g/mol. The first-order valence-electron chi connectivity index (χ1n) is 31.4. The molecule has 8 heterocycles. The molecule has 0 bridgehead atoms. The lowest BCUT2D eigenvalue weighted by Crippen LogP contribution is -2.30. The van der Waals surface area contributed by atoms with Crippen LogP contribution in [0.15, 0.2) is 212 Å². The van der Waals surface area contributed by atoms with Crippen LogP contribution in [-0.2, 0) is 28.2 Å². The molecule has 0 saturated carbocycles. The van der Waals surface area contributed by atoms with Gasteiger partial charge < -0.3 is 17.7 Å². The molecule has 0 fully saturated rings. The van der Waals surface area contributed by atoms with Gasteiger partial charge in [-0.05, 0) is 92.4 Å². The van der Waals surface area contributed by atoms with Crippen molar-refractivity contribution >= 4 is 122 Å². The standard InChI is InChI=1S/4C21H14N3O/c1-13-8-9-14-15-10-11-16(22-2)19(23-3)21(15)25-20(14)18(13)17-7-5-6-12-24(17)4;1-13-8-9-15-16-11-14(22-2)12-17(23-3)20(16)25-21(15)19(13)18-7-5-6-10-24(18)4;1-13-11-14(12-22)19-15-7-6-8-16(23-2)20(15)25-21(19)18(13)17-9-4-5-10-24(17)3;1-13-7-9-15-19-14(12-22)8-10-16(23-2)21(19)25-20(15)18(13)17-6-4-5-11-24(17)3/h2*5-12H,1,4H3;2*4-11H,1,3H3/q4*+1. The maximum absolute atomic E-state index is 9.62. The van der Waals surface area contributed by atoms with Crippen molar-refractivity contribution in [3.63, 3.8) is 0 Å². The monoisotopic (exact) mass is 1300 g/mol. The number of hydrogen-bond donors (Lipinski definition) is 0. The lowest BCUT2D eigenvalue weighted by Gasteiger charge is -2.06. The van der Waals surface area contributed by atoms with Gasteiger partial charge in [-0.1, -0.05) is 78.9 Å². The molecule has 0 atom stereocenters. The first kappa shape index (κ1) is 64.2. The summed E-state index contributed by atoms with van der Waals surface area (Å²) in [5.41, 5.74) is 20.6. The first-order valence-corrected chi connectivity index (χ1v) is 31.4. The number of pyridine rings is 4. The number of fused-ring (bicyclic) bond motifs is 12. The second-order valence-corrected chi connectivity index (χ2v) is 24.0. The molecule has 0 spiro atoms. The van der Waals surface area contributed by atoms with E-state index >= 15 is 0 Å². The van der Waals surface area contributed by atoms with E-state index in [1.807, 2.05) is 185 Å². The van der Waals surface area contributed by atoms with E-state index in [9.17, 15) is 10.5 Å². The van der Waals surface area contributed by atoms with Gasteiger partial charge in [0.2, 0.25) is 45.5 Å². The van der Waals surface area contributed by atoms with Crippen LogP contribution >= 0.6 is 0 Å². The van der Waals surface area contributed by atoms with E-state index in [2.05, 4.69) is 88.5 Å². The number of aromatic nitrogens is 4. The van der Waals surface area contributed by atoms with Crippen molar-refractivity contribution < 1.29 is 35.9 Å². The number of nitrogens with zero attached hydrogens (tertiary/aromatic N) is 12. The van der Waals surface area contributed by atoms with Crippen LogP contribution in [0.4, 0.5) is 34.1 Å². The van der Waals surface area contributed by atoms with E-state index in [-0.39, 0.29) is 5.69 Å². The van der Waals surface area contributed by atoms with Gasteiger partial charge in [0.05, 0.1) is 85.0 Å². The van der Waals surface area contributed by atoms with E-state index in [1.165, 1.54) is 0 Å². The predicted octanol–water partition coefficient (Wildman–Crippen LogP) is 20.6. The molecule has 8 aromatic heterocycles. The molecular weight excluding hydrogens is 1240 g/mol. The fraction of sp³-hybridized carbons (Fsp3) is 0.0952. The second-order valence-electron chi connectivity index (χ2n) is 24.0. The van der Waals surface area contributed by atoms with E-state index in [4.69, 9.17) is 57.1 Å². The van der Waals surface area contributed by atoms with Gasteiger partial charge in [0, 0.05) is 91.6 Å². The van der Waals surface area contributed by atoms with Gasteiger partial charge in [0.1, 0.15) is 72.9 Å². The molecule has 0 amide bonds. The van der Waals surface area contributed by atoms with Crippen LogP contribution in [-0.4, -0.2) is 0 Å². The van der Waals surface area contributed by atoms with Crippen molar-refractivity contribution in [2.24, 2.45) is 28.2 Å². The SMILES string of the molecule is [C-]#[N+]c1cc([N+]#[C-])c2oc3c(-c4cccc[n+]4C)c(C)ccc3c2c1.[C-]#[N+]c1ccc(C#N)c2c1oc1c(-c3cccc[n+]3C)c(C)ccc12.[C-]#[N+]c1ccc2c(oc3c(-c4cccc[n+]4C)c(C)ccc32)c1[N+]#[C-].[C-]#[N+]c1cccc2c1oc1c(-c3cccc[n+]3C)c(C)cc(C#N)c12. The number of furan rings is 4. The molecule has 16 heteroatoms. The smallest absolute Gasteiger partial charge is 0.236 e. The van der Waals surface area contributed by atoms with Gasteiger partial charge >= 0.3 is 0 Å². The Morgan fingerprint density at radius 2 is 0.710 bits per heavy atom. The zero-order chi connectivity index (χ0) is 70.2. The zero-order valence-corrected chi connectivity index (χ0v) is 55.5. The number of aryl methyl sites for hydroxylation is 8. The van der Waals surface area contributed by atoms with Crippen molar-refractivity contribution in [2.45, 2.75) is 27.7 Å². The van der Waals surface area contributed by atoms with Gasteiger partial charge in [-0.25, -0.2) is 47.3 Å². The third-order valence-electron chi connectivity index (χ3n) is 18.0. The van der Waals surface area contributed by atoms with Gasteiger partial charge in [0.15, 0.2) is 36.2 Å². The summed E-state index contributed by atoms with van der Waals surface area (Å²) in [5.74, 6) is 0. The maximum atomic E-state index is 9.62. The highest BCUT2D eigenvalue weighted by Gasteiger charge is 2.28. The summed E-state index contributed by atoms with van der Waals surface area (Å²) in [6, 6.07) is 58.3. The summed E-state index contributed by atoms with van der Waals surface area (Å²) in [7, 11) is 7.96. The van der Waals surface area contributed by atoms with E-state index < -0.39 is 0 Å². The number of benzene rings is 8. The number of rotatable bonds is 4. The van der Waals surface area contributed by atoms with Crippen molar-refractivity contribution in [3.05, 3.63) is 297 Å². The molecule has 0 radical (unpaired) electrons. The molecule has 100 heavy (non-hydrogen) atoms. The fourth-order valence-electron chi connectivity index (χ4n) is 13.2. The lowest BCUT2D eigenvalue weighted by atomic mass is 9.96. The van der Waals surface area contributed by atoms with Gasteiger partial charge in [0.25, 0.3) is 0 Å². The Balaban J connectivity index is 0.000000119. The van der Waals surface area contributed by atoms with Crippen LogP contribution in [0.3, 0.4) is 0 Å². The van der Waals surface area contributed by atoms with Crippen molar-refractivity contribution in [2.75, 3.05) is 0 Å². The summed E-state index contributed by atoms with van der Waals surface area (Å²) >= 11 is 0. The van der Waals surface area contributed by atoms with Crippen LogP contribution in [0.2, 0.25) is 0 Å². The summed E-state index contributed by atoms with van der Waals surface area (Å²) in [4.78, 5) is 21.1. The average Bonchev–Trinajstić information content (AvgIpc) is 1.60. The quantitative estimate of drug-likeness (QED) is 0.127. The molecule has 0 aliphatic rings. The third kappa shape index (κ3) is 10.9. The molecule has 0 unspecified atom stereocenters. The fourth-order valence-corrected chi connectivity index (χ4v) is 13.2. The van der Waals surface area contributed by atoms with E-state index in [0.717, 1.165) is 116 Å². The maximum Gasteiger partial charge on any atom is 0.236 e. The van der Waals surface area contributed by atoms with E-state index in [1.54, 1.807) is 36.4 Å². The first-order chi connectivity index (χ1) is 48.6. The number of hydrogen-bond acceptors (Lipinski definition) is 6. The Morgan fingerprint density at radius 3 is 1.20 bits per heavy atom. The highest BCUT2D eigenvalue weighted by Crippen LogP contribution is 2.47. The van der Waals surface area contributed by atoms with Crippen molar-refractivity contribution in [1.29, 1.82) is 10.5 Å². The molecule has 0 aliphatic heterocycles. The molecule has 16 nitrogen and oxygen atoms in total. The Bertz CT molecular complexity index is 6460. The summed E-state index contributed by atoms with van der Waals surface area (Å²) in [6.45, 7) is 52.3. The molecular formula is C84H56N12O4+4. The number of nitriles is 2. The van der Waals surface area contributed by atoms with Crippen LogP contribution < -0.4 is 18.3 Å². The van der Waals surface area contributed by atoms with Crippen molar-refractivity contribution in [1.82, 2.24) is 0 Å². The minimum absolute atomic E-state index is 0.282. The number of para-hydroxylation sites is 1. The molecule has 16 aromatic rings.